The SMILES string of the molecule is C=C(C)[C@@H]1CC=C2[C@@H](CC[C@]3(C)[C@@H]4C(=C(CC(=O)O)C(=O)C[C@H]4C)C[C@@]23C)[C@@]1(C)CCC(=O)O. The fraction of sp³-hybridized carbons (Fsp3) is 0.690. The second-order valence-electron chi connectivity index (χ2n) is 12.4. The fourth-order valence-corrected chi connectivity index (χ4v) is 8.91. The highest BCUT2D eigenvalue weighted by Crippen LogP contribution is 2.74. The molecule has 0 saturated heterocycles. The van der Waals surface area contributed by atoms with Gasteiger partial charge in [0, 0.05) is 18.4 Å². The minimum absolute atomic E-state index is 0.00909. The van der Waals surface area contributed by atoms with Gasteiger partial charge in [0.15, 0.2) is 5.78 Å². The van der Waals surface area contributed by atoms with Gasteiger partial charge in [0.05, 0.1) is 6.42 Å². The Morgan fingerprint density at radius 1 is 1.18 bits per heavy atom. The largest absolute Gasteiger partial charge is 0.481 e. The third-order valence-corrected chi connectivity index (χ3v) is 10.6. The molecule has 0 aromatic heterocycles. The number of carboxylic acid groups (broad SMARTS) is 2. The average molecular weight is 469 g/mol. The maximum absolute atomic E-state index is 12.9. The standard InChI is InChI=1S/C29H40O5/c1-16(2)20-7-8-22-21(27(20,4)11-10-24(31)32)9-12-28(5)26-17(3)13-23(30)18(14-25(33)34)19(26)15-29(22,28)6/h8,17,20-21,26H,1,7,9-15H2,2-6H3,(H,31,32)(H,33,34)/t17-,20+,21-,26+,27+,28-,29+/m1/s1. The van der Waals surface area contributed by atoms with Crippen LogP contribution in [0.4, 0.5) is 0 Å². The van der Waals surface area contributed by atoms with E-state index in [1.807, 2.05) is 0 Å². The van der Waals surface area contributed by atoms with E-state index in [1.165, 1.54) is 5.57 Å². The number of carboxylic acids is 2. The van der Waals surface area contributed by atoms with Crippen molar-refractivity contribution in [2.75, 3.05) is 0 Å². The number of hydrogen-bond donors (Lipinski definition) is 2. The van der Waals surface area contributed by atoms with Crippen molar-refractivity contribution < 1.29 is 24.6 Å². The second kappa shape index (κ2) is 8.20. The summed E-state index contributed by atoms with van der Waals surface area (Å²) in [7, 11) is 0. The highest BCUT2D eigenvalue weighted by molar-refractivity contribution is 6.01. The van der Waals surface area contributed by atoms with Crippen LogP contribution >= 0.6 is 0 Å². The Morgan fingerprint density at radius 3 is 2.44 bits per heavy atom. The molecular weight excluding hydrogens is 428 g/mol. The topological polar surface area (TPSA) is 91.7 Å². The molecule has 186 valence electrons. The summed E-state index contributed by atoms with van der Waals surface area (Å²) in [5.74, 6) is -0.740. The van der Waals surface area contributed by atoms with Gasteiger partial charge in [0.2, 0.25) is 0 Å². The highest BCUT2D eigenvalue weighted by Gasteiger charge is 2.66. The molecule has 0 radical (unpaired) electrons. The Morgan fingerprint density at radius 2 is 1.85 bits per heavy atom. The van der Waals surface area contributed by atoms with Crippen molar-refractivity contribution in [2.24, 2.45) is 39.9 Å². The van der Waals surface area contributed by atoms with Crippen LogP contribution in [-0.2, 0) is 14.4 Å². The molecule has 0 bridgehead atoms. The molecule has 2 fully saturated rings. The van der Waals surface area contributed by atoms with Crippen molar-refractivity contribution in [3.8, 4) is 0 Å². The lowest BCUT2D eigenvalue weighted by atomic mass is 9.44. The molecule has 0 heterocycles. The zero-order valence-electron chi connectivity index (χ0n) is 21.4. The van der Waals surface area contributed by atoms with E-state index < -0.39 is 11.9 Å². The number of rotatable bonds is 6. The maximum Gasteiger partial charge on any atom is 0.307 e. The molecule has 5 nitrogen and oxygen atoms in total. The summed E-state index contributed by atoms with van der Waals surface area (Å²) in [5.41, 5.74) is 3.80. The number of carbonyl (C=O) groups is 3. The molecule has 4 aliphatic rings. The summed E-state index contributed by atoms with van der Waals surface area (Å²) in [6.07, 6.45) is 7.04. The van der Waals surface area contributed by atoms with Crippen molar-refractivity contribution in [1.29, 1.82) is 0 Å². The van der Waals surface area contributed by atoms with E-state index in [2.05, 4.69) is 47.3 Å². The first-order valence-corrected chi connectivity index (χ1v) is 12.8. The molecule has 34 heavy (non-hydrogen) atoms. The van der Waals surface area contributed by atoms with Crippen LogP contribution in [-0.4, -0.2) is 27.9 Å². The molecule has 7 atom stereocenters. The van der Waals surface area contributed by atoms with Crippen LogP contribution in [0.15, 0.2) is 34.9 Å². The van der Waals surface area contributed by atoms with Gasteiger partial charge in [-0.05, 0) is 78.9 Å². The number of aliphatic carboxylic acids is 2. The Labute approximate surface area is 203 Å². The Hall–Kier alpha value is -2.17. The van der Waals surface area contributed by atoms with E-state index in [-0.39, 0.29) is 58.5 Å². The minimum atomic E-state index is -0.936. The number of Topliss-reactive ketones (excluding diaryl/α,β-unsaturated/α-hetero) is 1. The number of allylic oxidation sites excluding steroid dienone is 4. The molecule has 0 spiro atoms. The van der Waals surface area contributed by atoms with Crippen molar-refractivity contribution in [2.45, 2.75) is 86.0 Å². The highest BCUT2D eigenvalue weighted by atomic mass is 16.4. The van der Waals surface area contributed by atoms with E-state index in [1.54, 1.807) is 0 Å². The Balaban J connectivity index is 1.83. The monoisotopic (exact) mass is 468 g/mol. The second-order valence-corrected chi connectivity index (χ2v) is 12.4. The summed E-state index contributed by atoms with van der Waals surface area (Å²) in [4.78, 5) is 36.1. The first kappa shape index (κ1) is 24.9. The molecule has 2 saturated carbocycles. The predicted molar refractivity (Wildman–Crippen MR) is 131 cm³/mol. The van der Waals surface area contributed by atoms with Gasteiger partial charge >= 0.3 is 11.9 Å². The van der Waals surface area contributed by atoms with Crippen LogP contribution in [0, 0.1) is 39.9 Å². The number of carbonyl (C=O) groups excluding carboxylic acids is 1. The van der Waals surface area contributed by atoms with E-state index >= 15 is 0 Å². The summed E-state index contributed by atoms with van der Waals surface area (Å²) >= 11 is 0. The Kier molecular flexibility index (Phi) is 6.02. The van der Waals surface area contributed by atoms with Gasteiger partial charge in [-0.15, -0.1) is 0 Å². The summed E-state index contributed by atoms with van der Waals surface area (Å²) in [6.45, 7) is 15.5. The van der Waals surface area contributed by atoms with Crippen molar-refractivity contribution in [3.63, 3.8) is 0 Å². The third kappa shape index (κ3) is 3.45. The van der Waals surface area contributed by atoms with Crippen molar-refractivity contribution in [1.82, 2.24) is 0 Å². The number of fused-ring (bicyclic) bond motifs is 5. The van der Waals surface area contributed by atoms with E-state index in [4.69, 9.17) is 0 Å². The average Bonchev–Trinajstić information content (AvgIpc) is 2.98. The first-order valence-electron chi connectivity index (χ1n) is 12.8. The van der Waals surface area contributed by atoms with E-state index in [0.29, 0.717) is 18.4 Å². The third-order valence-electron chi connectivity index (χ3n) is 10.6. The van der Waals surface area contributed by atoms with E-state index in [9.17, 15) is 24.6 Å². The van der Waals surface area contributed by atoms with Gasteiger partial charge in [0.1, 0.15) is 0 Å². The molecule has 4 rings (SSSR count). The quantitative estimate of drug-likeness (QED) is 0.453. The molecule has 0 amide bonds. The summed E-state index contributed by atoms with van der Waals surface area (Å²) in [5, 5.41) is 19.0. The van der Waals surface area contributed by atoms with Crippen molar-refractivity contribution >= 4 is 17.7 Å². The molecule has 0 aromatic carbocycles. The van der Waals surface area contributed by atoms with Gasteiger partial charge < -0.3 is 10.2 Å². The molecule has 0 aromatic rings. The molecule has 4 aliphatic carbocycles. The summed E-state index contributed by atoms with van der Waals surface area (Å²) < 4.78 is 0. The lowest BCUT2D eigenvalue weighted by Gasteiger charge is -2.60. The minimum Gasteiger partial charge on any atom is -0.481 e. The van der Waals surface area contributed by atoms with E-state index in [0.717, 1.165) is 36.8 Å². The van der Waals surface area contributed by atoms with Gasteiger partial charge in [-0.25, -0.2) is 0 Å². The number of hydrogen-bond acceptors (Lipinski definition) is 3. The Bertz CT molecular complexity index is 1020. The van der Waals surface area contributed by atoms with Gasteiger partial charge in [-0.3, -0.25) is 14.4 Å². The van der Waals surface area contributed by atoms with Gasteiger partial charge in [-0.1, -0.05) is 57.1 Å². The van der Waals surface area contributed by atoms with Crippen LogP contribution in [0.3, 0.4) is 0 Å². The van der Waals surface area contributed by atoms with Crippen LogP contribution in [0.5, 0.6) is 0 Å². The van der Waals surface area contributed by atoms with Crippen LogP contribution in [0.25, 0.3) is 0 Å². The van der Waals surface area contributed by atoms with Gasteiger partial charge in [-0.2, -0.15) is 0 Å². The first-order chi connectivity index (χ1) is 15.8. The fourth-order valence-electron chi connectivity index (χ4n) is 8.91. The zero-order valence-corrected chi connectivity index (χ0v) is 21.4. The molecule has 5 heteroatoms. The molecule has 2 N–H and O–H groups in total. The van der Waals surface area contributed by atoms with Crippen molar-refractivity contribution in [3.05, 3.63) is 34.9 Å². The predicted octanol–water partition coefficient (Wildman–Crippen LogP) is 6.20. The van der Waals surface area contributed by atoms with Gasteiger partial charge in [0.25, 0.3) is 0 Å². The molecular formula is C29H40O5. The van der Waals surface area contributed by atoms with Crippen LogP contribution in [0.2, 0.25) is 0 Å². The smallest absolute Gasteiger partial charge is 0.307 e. The lowest BCUT2D eigenvalue weighted by molar-refractivity contribution is -0.138. The normalized spacial score (nSPS) is 41.3. The summed E-state index contributed by atoms with van der Waals surface area (Å²) in [6, 6.07) is 0. The van der Waals surface area contributed by atoms with Crippen LogP contribution in [0.1, 0.15) is 86.0 Å². The molecule has 0 aliphatic heterocycles. The maximum atomic E-state index is 12.9. The lowest BCUT2D eigenvalue weighted by Crippen LogP contribution is -2.52. The number of ketones is 1. The van der Waals surface area contributed by atoms with Crippen LogP contribution < -0.4 is 0 Å². The zero-order chi connectivity index (χ0) is 25.2. The molecule has 0 unspecified atom stereocenters.